The topological polar surface area (TPSA) is 92.6 Å². The summed E-state index contributed by atoms with van der Waals surface area (Å²) in [6.45, 7) is 4.23. The molecule has 1 amide bonds. The summed E-state index contributed by atoms with van der Waals surface area (Å²) in [5.41, 5.74) is 12.9. The van der Waals surface area contributed by atoms with Gasteiger partial charge in [-0.1, -0.05) is 13.0 Å². The number of hydrogen-bond donors (Lipinski definition) is 3. The standard InChI is InChI=1S/C12H19N3O2/c1-2-15(5-6-16)8-10-4-3-9(12(14)17)7-11(10)13/h3-4,7,16H,2,5-6,8,13H2,1H3,(H2,14,17). The van der Waals surface area contributed by atoms with E-state index in [2.05, 4.69) is 4.90 Å². The zero-order valence-electron chi connectivity index (χ0n) is 10.0. The fourth-order valence-corrected chi connectivity index (χ4v) is 1.62. The number of rotatable bonds is 6. The predicted octanol–water partition coefficient (Wildman–Crippen LogP) is 0.182. The van der Waals surface area contributed by atoms with Crippen molar-refractivity contribution in [1.82, 2.24) is 4.90 Å². The van der Waals surface area contributed by atoms with Crippen molar-refractivity contribution in [3.05, 3.63) is 29.3 Å². The van der Waals surface area contributed by atoms with Gasteiger partial charge in [0, 0.05) is 24.3 Å². The second-order valence-corrected chi connectivity index (χ2v) is 3.87. The van der Waals surface area contributed by atoms with E-state index in [-0.39, 0.29) is 6.61 Å². The molecule has 17 heavy (non-hydrogen) atoms. The van der Waals surface area contributed by atoms with Crippen LogP contribution in [0.3, 0.4) is 0 Å². The first-order chi connectivity index (χ1) is 8.08. The van der Waals surface area contributed by atoms with E-state index in [0.717, 1.165) is 12.1 Å². The zero-order chi connectivity index (χ0) is 12.8. The van der Waals surface area contributed by atoms with Crippen molar-refractivity contribution in [1.29, 1.82) is 0 Å². The quantitative estimate of drug-likeness (QED) is 0.615. The third-order valence-electron chi connectivity index (χ3n) is 2.69. The molecule has 1 aromatic rings. The molecule has 0 aliphatic heterocycles. The van der Waals surface area contributed by atoms with Gasteiger partial charge in [0.25, 0.3) is 0 Å². The van der Waals surface area contributed by atoms with E-state index in [0.29, 0.717) is 24.3 Å². The van der Waals surface area contributed by atoms with Crippen LogP contribution < -0.4 is 11.5 Å². The molecule has 0 atom stereocenters. The fourth-order valence-electron chi connectivity index (χ4n) is 1.62. The van der Waals surface area contributed by atoms with Crippen molar-refractivity contribution in [2.45, 2.75) is 13.5 Å². The van der Waals surface area contributed by atoms with Gasteiger partial charge in [-0.3, -0.25) is 9.69 Å². The number of primary amides is 1. The van der Waals surface area contributed by atoms with Crippen LogP contribution >= 0.6 is 0 Å². The molecule has 0 unspecified atom stereocenters. The van der Waals surface area contributed by atoms with Gasteiger partial charge in [-0.25, -0.2) is 0 Å². The Bertz CT molecular complexity index is 393. The number of anilines is 1. The van der Waals surface area contributed by atoms with Crippen LogP contribution in [0.2, 0.25) is 0 Å². The number of nitrogens with two attached hydrogens (primary N) is 2. The van der Waals surface area contributed by atoms with Crippen LogP contribution in [0.25, 0.3) is 0 Å². The molecule has 0 radical (unpaired) electrons. The van der Waals surface area contributed by atoms with Gasteiger partial charge in [0.05, 0.1) is 6.61 Å². The average molecular weight is 237 g/mol. The van der Waals surface area contributed by atoms with E-state index < -0.39 is 5.91 Å². The lowest BCUT2D eigenvalue weighted by molar-refractivity contribution is 0.100. The van der Waals surface area contributed by atoms with E-state index in [9.17, 15) is 4.79 Å². The zero-order valence-corrected chi connectivity index (χ0v) is 10.0. The summed E-state index contributed by atoms with van der Waals surface area (Å²) in [5.74, 6) is -0.481. The van der Waals surface area contributed by atoms with Crippen LogP contribution in [0.15, 0.2) is 18.2 Å². The summed E-state index contributed by atoms with van der Waals surface area (Å²) in [5, 5.41) is 8.90. The second-order valence-electron chi connectivity index (χ2n) is 3.87. The minimum absolute atomic E-state index is 0.118. The Morgan fingerprint density at radius 3 is 2.65 bits per heavy atom. The van der Waals surface area contributed by atoms with Crippen LogP contribution in [0.5, 0.6) is 0 Å². The lowest BCUT2D eigenvalue weighted by Crippen LogP contribution is -2.26. The van der Waals surface area contributed by atoms with E-state index in [1.54, 1.807) is 18.2 Å². The number of benzene rings is 1. The number of nitrogen functional groups attached to an aromatic ring is 1. The Kier molecular flexibility index (Phi) is 4.93. The van der Waals surface area contributed by atoms with Gasteiger partial charge in [0.1, 0.15) is 0 Å². The summed E-state index contributed by atoms with van der Waals surface area (Å²) in [6.07, 6.45) is 0. The van der Waals surface area contributed by atoms with Gasteiger partial charge >= 0.3 is 0 Å². The van der Waals surface area contributed by atoms with Crippen LogP contribution in [0.1, 0.15) is 22.8 Å². The van der Waals surface area contributed by atoms with Gasteiger partial charge in [-0.05, 0) is 24.2 Å². The summed E-state index contributed by atoms with van der Waals surface area (Å²) < 4.78 is 0. The van der Waals surface area contributed by atoms with Crippen molar-refractivity contribution in [2.75, 3.05) is 25.4 Å². The minimum Gasteiger partial charge on any atom is -0.398 e. The van der Waals surface area contributed by atoms with E-state index in [4.69, 9.17) is 16.6 Å². The molecule has 0 aromatic heterocycles. The summed E-state index contributed by atoms with van der Waals surface area (Å²) in [6, 6.07) is 5.06. The molecule has 0 aliphatic rings. The number of aliphatic hydroxyl groups excluding tert-OH is 1. The first-order valence-electron chi connectivity index (χ1n) is 5.60. The van der Waals surface area contributed by atoms with Crippen LogP contribution in [-0.4, -0.2) is 35.6 Å². The Morgan fingerprint density at radius 2 is 2.18 bits per heavy atom. The summed E-state index contributed by atoms with van der Waals surface area (Å²) in [7, 11) is 0. The molecular weight excluding hydrogens is 218 g/mol. The highest BCUT2D eigenvalue weighted by Crippen LogP contribution is 2.16. The molecule has 0 saturated carbocycles. The molecule has 0 heterocycles. The number of likely N-dealkylation sites (N-methyl/N-ethyl adjacent to an activating group) is 1. The maximum Gasteiger partial charge on any atom is 0.248 e. The van der Waals surface area contributed by atoms with Gasteiger partial charge in [0.15, 0.2) is 0 Å². The second kappa shape index (κ2) is 6.22. The van der Waals surface area contributed by atoms with Crippen molar-refractivity contribution in [3.8, 4) is 0 Å². The Labute approximate surface area is 101 Å². The van der Waals surface area contributed by atoms with Gasteiger partial charge in [0.2, 0.25) is 5.91 Å². The average Bonchev–Trinajstić information content (AvgIpc) is 2.30. The maximum absolute atomic E-state index is 11.0. The van der Waals surface area contributed by atoms with Crippen LogP contribution in [-0.2, 0) is 6.54 Å². The molecule has 0 aliphatic carbocycles. The molecule has 0 spiro atoms. The molecule has 94 valence electrons. The number of carbonyl (C=O) groups excluding carboxylic acids is 1. The molecule has 1 aromatic carbocycles. The number of amides is 1. The molecular formula is C12H19N3O2. The third kappa shape index (κ3) is 3.72. The first kappa shape index (κ1) is 13.5. The highest BCUT2D eigenvalue weighted by atomic mass is 16.3. The van der Waals surface area contributed by atoms with Crippen molar-refractivity contribution < 1.29 is 9.90 Å². The minimum atomic E-state index is -0.481. The largest absolute Gasteiger partial charge is 0.398 e. The van der Waals surface area contributed by atoms with Crippen LogP contribution in [0, 0.1) is 0 Å². The highest BCUT2D eigenvalue weighted by molar-refractivity contribution is 5.93. The summed E-state index contributed by atoms with van der Waals surface area (Å²) >= 11 is 0. The number of aliphatic hydroxyl groups is 1. The van der Waals surface area contributed by atoms with E-state index in [1.807, 2.05) is 6.92 Å². The highest BCUT2D eigenvalue weighted by Gasteiger charge is 2.08. The SMILES string of the molecule is CCN(CCO)Cc1ccc(C(N)=O)cc1N. The molecule has 1 rings (SSSR count). The lowest BCUT2D eigenvalue weighted by atomic mass is 10.1. The smallest absolute Gasteiger partial charge is 0.248 e. The van der Waals surface area contributed by atoms with Crippen molar-refractivity contribution in [2.24, 2.45) is 5.73 Å². The first-order valence-corrected chi connectivity index (χ1v) is 5.60. The summed E-state index contributed by atoms with van der Waals surface area (Å²) in [4.78, 5) is 13.0. The third-order valence-corrected chi connectivity index (χ3v) is 2.69. The molecule has 5 N–H and O–H groups in total. The van der Waals surface area contributed by atoms with Crippen molar-refractivity contribution >= 4 is 11.6 Å². The number of hydrogen-bond acceptors (Lipinski definition) is 4. The van der Waals surface area contributed by atoms with Gasteiger partial charge in [-0.2, -0.15) is 0 Å². The normalized spacial score (nSPS) is 10.8. The molecule has 5 heteroatoms. The van der Waals surface area contributed by atoms with Gasteiger partial charge < -0.3 is 16.6 Å². The Balaban J connectivity index is 2.81. The molecule has 0 saturated heterocycles. The van der Waals surface area contributed by atoms with Crippen molar-refractivity contribution in [3.63, 3.8) is 0 Å². The lowest BCUT2D eigenvalue weighted by Gasteiger charge is -2.20. The Hall–Kier alpha value is -1.59. The predicted molar refractivity (Wildman–Crippen MR) is 67.4 cm³/mol. The van der Waals surface area contributed by atoms with Gasteiger partial charge in [-0.15, -0.1) is 0 Å². The fraction of sp³-hybridized carbons (Fsp3) is 0.417. The monoisotopic (exact) mass is 237 g/mol. The number of nitrogens with zero attached hydrogens (tertiary/aromatic N) is 1. The molecule has 0 bridgehead atoms. The maximum atomic E-state index is 11.0. The molecule has 0 fully saturated rings. The Morgan fingerprint density at radius 1 is 1.47 bits per heavy atom. The number of carbonyl (C=O) groups is 1. The van der Waals surface area contributed by atoms with E-state index in [1.165, 1.54) is 0 Å². The van der Waals surface area contributed by atoms with Crippen LogP contribution in [0.4, 0.5) is 5.69 Å². The molecule has 5 nitrogen and oxygen atoms in total. The van der Waals surface area contributed by atoms with E-state index >= 15 is 0 Å².